The molecule has 8 nitrogen and oxygen atoms in total. The van der Waals surface area contributed by atoms with Crippen LogP contribution in [0.25, 0.3) is 0 Å². The molecule has 2 rings (SSSR count). The minimum Gasteiger partial charge on any atom is -0.399 e. The van der Waals surface area contributed by atoms with Crippen LogP contribution in [0, 0.1) is 10.1 Å². The molecule has 1 fully saturated rings. The molecular weight excluding hydrogens is 286 g/mol. The molecule has 0 amide bonds. The minimum atomic E-state index is -3.92. The summed E-state index contributed by atoms with van der Waals surface area (Å²) < 4.78 is 31.4. The van der Waals surface area contributed by atoms with Gasteiger partial charge in [-0.25, -0.2) is 8.42 Å². The summed E-state index contributed by atoms with van der Waals surface area (Å²) >= 11 is 0. The molecule has 1 heterocycles. The molecule has 1 saturated heterocycles. The van der Waals surface area contributed by atoms with Crippen LogP contribution in [0.15, 0.2) is 23.1 Å². The maximum Gasteiger partial charge on any atom is 0.291 e. The molecule has 1 aromatic rings. The summed E-state index contributed by atoms with van der Waals surface area (Å²) in [7, 11) is -3.92. The molecule has 0 radical (unpaired) electrons. The smallest absolute Gasteiger partial charge is 0.291 e. The molecule has 0 spiro atoms. The molecule has 110 valence electrons. The summed E-state index contributed by atoms with van der Waals surface area (Å²) in [5.74, 6) is 0. The van der Waals surface area contributed by atoms with Crippen molar-refractivity contribution in [2.45, 2.75) is 11.3 Å². The molecule has 0 bridgehead atoms. The minimum absolute atomic E-state index is 0.148. The van der Waals surface area contributed by atoms with Crippen molar-refractivity contribution in [3.05, 3.63) is 28.3 Å². The number of hydrogen-bond acceptors (Lipinski definition) is 6. The SMILES string of the molecule is Nc1ccc(S(=O)(=O)N2CCCOCC2)c([N+](=O)[O-])c1. The molecule has 0 saturated carbocycles. The van der Waals surface area contributed by atoms with Gasteiger partial charge in [-0.3, -0.25) is 10.1 Å². The third-order valence-corrected chi connectivity index (χ3v) is 4.92. The number of anilines is 1. The standard InChI is InChI=1S/C11H15N3O5S/c12-9-2-3-11(10(8-9)14(15)16)20(17,18)13-4-1-6-19-7-5-13/h2-3,8H,1,4-7,12H2. The largest absolute Gasteiger partial charge is 0.399 e. The molecule has 20 heavy (non-hydrogen) atoms. The average molecular weight is 301 g/mol. The van der Waals surface area contributed by atoms with Crippen LogP contribution in [-0.4, -0.2) is 43.9 Å². The van der Waals surface area contributed by atoms with E-state index in [1.807, 2.05) is 0 Å². The molecule has 1 aliphatic rings. The quantitative estimate of drug-likeness (QED) is 0.496. The van der Waals surface area contributed by atoms with Crippen molar-refractivity contribution >= 4 is 21.4 Å². The van der Waals surface area contributed by atoms with Gasteiger partial charge in [-0.1, -0.05) is 0 Å². The van der Waals surface area contributed by atoms with Gasteiger partial charge in [0.2, 0.25) is 10.0 Å². The molecule has 9 heteroatoms. The van der Waals surface area contributed by atoms with Gasteiger partial charge in [-0.15, -0.1) is 0 Å². The van der Waals surface area contributed by atoms with E-state index >= 15 is 0 Å². The summed E-state index contributed by atoms with van der Waals surface area (Å²) in [4.78, 5) is 9.94. The number of hydrogen-bond donors (Lipinski definition) is 1. The fourth-order valence-electron chi connectivity index (χ4n) is 2.00. The van der Waals surface area contributed by atoms with Crippen molar-refractivity contribution < 1.29 is 18.1 Å². The summed E-state index contributed by atoms with van der Waals surface area (Å²) in [5.41, 5.74) is 5.12. The number of nitrogens with zero attached hydrogens (tertiary/aromatic N) is 2. The summed E-state index contributed by atoms with van der Waals surface area (Å²) in [6, 6.07) is 3.57. The van der Waals surface area contributed by atoms with Crippen LogP contribution in [0.2, 0.25) is 0 Å². The average Bonchev–Trinajstić information content (AvgIpc) is 2.67. The Morgan fingerprint density at radius 1 is 1.30 bits per heavy atom. The maximum atomic E-state index is 12.5. The van der Waals surface area contributed by atoms with Crippen molar-refractivity contribution in [2.24, 2.45) is 0 Å². The van der Waals surface area contributed by atoms with Gasteiger partial charge in [0.05, 0.1) is 11.5 Å². The molecule has 2 N–H and O–H groups in total. The van der Waals surface area contributed by atoms with Crippen molar-refractivity contribution in [1.29, 1.82) is 0 Å². The zero-order valence-corrected chi connectivity index (χ0v) is 11.5. The molecule has 1 aromatic carbocycles. The van der Waals surface area contributed by atoms with E-state index in [-0.39, 0.29) is 30.3 Å². The molecule has 0 aliphatic carbocycles. The molecular formula is C11H15N3O5S. The van der Waals surface area contributed by atoms with Crippen LogP contribution in [0.5, 0.6) is 0 Å². The maximum absolute atomic E-state index is 12.5. The number of benzene rings is 1. The van der Waals surface area contributed by atoms with Crippen LogP contribution in [0.4, 0.5) is 11.4 Å². The van der Waals surface area contributed by atoms with E-state index in [1.165, 1.54) is 16.4 Å². The number of nitro groups is 1. The Morgan fingerprint density at radius 3 is 2.75 bits per heavy atom. The van der Waals surface area contributed by atoms with Crippen LogP contribution in [0.3, 0.4) is 0 Å². The van der Waals surface area contributed by atoms with Gasteiger partial charge in [0, 0.05) is 31.5 Å². The predicted molar refractivity (Wildman–Crippen MR) is 71.7 cm³/mol. The lowest BCUT2D eigenvalue weighted by Crippen LogP contribution is -2.33. The first-order valence-electron chi connectivity index (χ1n) is 6.05. The second kappa shape index (κ2) is 5.73. The van der Waals surface area contributed by atoms with Gasteiger partial charge in [-0.05, 0) is 18.6 Å². The second-order valence-corrected chi connectivity index (χ2v) is 6.26. The highest BCUT2D eigenvalue weighted by atomic mass is 32.2. The molecule has 0 atom stereocenters. The highest BCUT2D eigenvalue weighted by Crippen LogP contribution is 2.29. The normalized spacial score (nSPS) is 17.6. The van der Waals surface area contributed by atoms with Gasteiger partial charge in [0.1, 0.15) is 0 Å². The number of nitrogen functional groups attached to an aromatic ring is 1. The van der Waals surface area contributed by atoms with Gasteiger partial charge >= 0.3 is 0 Å². The monoisotopic (exact) mass is 301 g/mol. The Balaban J connectivity index is 2.45. The Kier molecular flexibility index (Phi) is 4.21. The van der Waals surface area contributed by atoms with E-state index in [9.17, 15) is 18.5 Å². The summed E-state index contributed by atoms with van der Waals surface area (Å²) in [6.07, 6.45) is 0.558. The van der Waals surface area contributed by atoms with E-state index in [4.69, 9.17) is 10.5 Å². The Bertz CT molecular complexity index is 608. The van der Waals surface area contributed by atoms with Gasteiger partial charge in [-0.2, -0.15) is 4.31 Å². The van der Waals surface area contributed by atoms with E-state index in [2.05, 4.69) is 0 Å². The first-order valence-corrected chi connectivity index (χ1v) is 7.49. The predicted octanol–water partition coefficient (Wildman–Crippen LogP) is 0.588. The lowest BCUT2D eigenvalue weighted by atomic mass is 10.3. The van der Waals surface area contributed by atoms with Gasteiger partial charge < -0.3 is 10.5 Å². The molecule has 0 aromatic heterocycles. The van der Waals surface area contributed by atoms with Gasteiger partial charge in [0.25, 0.3) is 5.69 Å². The van der Waals surface area contributed by atoms with Crippen LogP contribution < -0.4 is 5.73 Å². The highest BCUT2D eigenvalue weighted by Gasteiger charge is 2.32. The van der Waals surface area contributed by atoms with Crippen LogP contribution in [0.1, 0.15) is 6.42 Å². The van der Waals surface area contributed by atoms with Crippen LogP contribution in [-0.2, 0) is 14.8 Å². The Hall–Kier alpha value is -1.71. The summed E-state index contributed by atoms with van der Waals surface area (Å²) in [6.45, 7) is 1.23. The second-order valence-electron chi connectivity index (χ2n) is 4.35. The number of sulfonamides is 1. The Labute approximate surface area is 116 Å². The van der Waals surface area contributed by atoms with E-state index in [0.29, 0.717) is 13.0 Å². The molecule has 1 aliphatic heterocycles. The fourth-order valence-corrected chi connectivity index (χ4v) is 3.60. The first-order chi connectivity index (χ1) is 9.43. The van der Waals surface area contributed by atoms with E-state index < -0.39 is 20.6 Å². The number of ether oxygens (including phenoxy) is 1. The fraction of sp³-hybridized carbons (Fsp3) is 0.455. The number of nitrogens with two attached hydrogens (primary N) is 1. The topological polar surface area (TPSA) is 116 Å². The lowest BCUT2D eigenvalue weighted by Gasteiger charge is -2.19. The lowest BCUT2D eigenvalue weighted by molar-refractivity contribution is -0.387. The van der Waals surface area contributed by atoms with Crippen molar-refractivity contribution in [3.8, 4) is 0 Å². The zero-order valence-electron chi connectivity index (χ0n) is 10.7. The van der Waals surface area contributed by atoms with Crippen molar-refractivity contribution in [1.82, 2.24) is 4.31 Å². The summed E-state index contributed by atoms with van der Waals surface area (Å²) in [5, 5.41) is 11.0. The zero-order chi connectivity index (χ0) is 14.8. The van der Waals surface area contributed by atoms with E-state index in [0.717, 1.165) is 6.07 Å². The third-order valence-electron chi connectivity index (χ3n) is 2.98. The number of nitro benzene ring substituents is 1. The third kappa shape index (κ3) is 2.89. The molecule has 0 unspecified atom stereocenters. The van der Waals surface area contributed by atoms with Crippen molar-refractivity contribution in [3.63, 3.8) is 0 Å². The van der Waals surface area contributed by atoms with Gasteiger partial charge in [0.15, 0.2) is 4.90 Å². The number of rotatable bonds is 3. The van der Waals surface area contributed by atoms with Crippen molar-refractivity contribution in [2.75, 3.05) is 32.0 Å². The first kappa shape index (κ1) is 14.7. The van der Waals surface area contributed by atoms with E-state index in [1.54, 1.807) is 0 Å². The Morgan fingerprint density at radius 2 is 2.05 bits per heavy atom. The van der Waals surface area contributed by atoms with Crippen LogP contribution >= 0.6 is 0 Å². The highest BCUT2D eigenvalue weighted by molar-refractivity contribution is 7.89.